The Morgan fingerprint density at radius 3 is 2.13 bits per heavy atom. The molecule has 4 N–H and O–H groups in total. The van der Waals surface area contributed by atoms with Gasteiger partial charge in [0.15, 0.2) is 6.29 Å². The summed E-state index contributed by atoms with van der Waals surface area (Å²) in [6, 6.07) is 0. The Kier molecular flexibility index (Phi) is 6.12. The number of phosphoric acid groups is 2. The SMILES string of the molecule is CCCC(O)OP(=O)(O)OOP(=O)(O)O. The Bertz CT molecular complexity index is 271. The van der Waals surface area contributed by atoms with E-state index in [1.54, 1.807) is 6.92 Å². The van der Waals surface area contributed by atoms with Crippen molar-refractivity contribution in [3.8, 4) is 0 Å². The molecule has 0 saturated heterocycles. The quantitative estimate of drug-likeness (QED) is 0.221. The minimum Gasteiger partial charge on any atom is -0.367 e. The fraction of sp³-hybridized carbons (Fsp3) is 1.00. The number of aliphatic hydroxyl groups is 1. The summed E-state index contributed by atoms with van der Waals surface area (Å²) in [6.07, 6.45) is -1.05. The Morgan fingerprint density at radius 2 is 1.73 bits per heavy atom. The maximum absolute atomic E-state index is 10.8. The highest BCUT2D eigenvalue weighted by molar-refractivity contribution is 7.49. The second-order valence-electron chi connectivity index (χ2n) is 2.46. The van der Waals surface area contributed by atoms with Gasteiger partial charge in [0.05, 0.1) is 0 Å². The monoisotopic (exact) mass is 266 g/mol. The molecule has 0 aromatic heterocycles. The summed E-state index contributed by atoms with van der Waals surface area (Å²) in [5, 5.41) is 8.93. The smallest absolute Gasteiger partial charge is 0.367 e. The van der Waals surface area contributed by atoms with Gasteiger partial charge in [-0.05, 0) is 6.42 Å². The lowest BCUT2D eigenvalue weighted by Crippen LogP contribution is -2.10. The van der Waals surface area contributed by atoms with Crippen molar-refractivity contribution in [1.29, 1.82) is 0 Å². The lowest BCUT2D eigenvalue weighted by molar-refractivity contribution is -0.163. The van der Waals surface area contributed by atoms with Crippen molar-refractivity contribution in [3.63, 3.8) is 0 Å². The van der Waals surface area contributed by atoms with E-state index in [2.05, 4.69) is 13.9 Å². The van der Waals surface area contributed by atoms with E-state index in [4.69, 9.17) is 19.8 Å². The van der Waals surface area contributed by atoms with Gasteiger partial charge >= 0.3 is 15.6 Å². The minimum absolute atomic E-state index is 0.0593. The molecule has 0 aliphatic rings. The molecular formula is C4H12O9P2. The fourth-order valence-corrected chi connectivity index (χ4v) is 1.69. The summed E-state index contributed by atoms with van der Waals surface area (Å²) in [4.78, 5) is 25.0. The van der Waals surface area contributed by atoms with Crippen LogP contribution in [-0.4, -0.2) is 26.1 Å². The molecule has 0 heterocycles. The molecule has 0 amide bonds. The molecule has 0 aromatic rings. The summed E-state index contributed by atoms with van der Waals surface area (Å²) in [7, 11) is -9.88. The van der Waals surface area contributed by atoms with Crippen LogP contribution >= 0.6 is 15.6 Å². The van der Waals surface area contributed by atoms with Crippen molar-refractivity contribution < 1.29 is 42.8 Å². The summed E-state index contributed by atoms with van der Waals surface area (Å²) < 4.78 is 31.7. The van der Waals surface area contributed by atoms with Crippen molar-refractivity contribution in [3.05, 3.63) is 0 Å². The van der Waals surface area contributed by atoms with Gasteiger partial charge in [-0.2, -0.15) is 0 Å². The molecule has 0 saturated carbocycles. The van der Waals surface area contributed by atoms with Crippen LogP contribution in [0.25, 0.3) is 0 Å². The van der Waals surface area contributed by atoms with E-state index in [1.807, 2.05) is 0 Å². The second-order valence-corrected chi connectivity index (χ2v) is 4.88. The first-order chi connectivity index (χ1) is 6.66. The third-order valence-electron chi connectivity index (χ3n) is 1.02. The molecule has 0 rings (SSSR count). The van der Waals surface area contributed by atoms with Gasteiger partial charge in [-0.3, -0.25) is 4.52 Å². The zero-order valence-corrected chi connectivity index (χ0v) is 9.50. The van der Waals surface area contributed by atoms with Crippen molar-refractivity contribution >= 4 is 15.6 Å². The number of rotatable bonds is 7. The van der Waals surface area contributed by atoms with Gasteiger partial charge in [-0.1, -0.05) is 13.3 Å². The maximum Gasteiger partial charge on any atom is 0.502 e. The lowest BCUT2D eigenvalue weighted by Gasteiger charge is -2.14. The van der Waals surface area contributed by atoms with Crippen LogP contribution in [0.4, 0.5) is 0 Å². The van der Waals surface area contributed by atoms with Gasteiger partial charge in [0.2, 0.25) is 0 Å². The molecule has 11 heteroatoms. The first-order valence-electron chi connectivity index (χ1n) is 3.79. The van der Waals surface area contributed by atoms with E-state index in [1.165, 1.54) is 0 Å². The zero-order valence-electron chi connectivity index (χ0n) is 7.72. The molecular weight excluding hydrogens is 254 g/mol. The molecule has 0 aliphatic carbocycles. The normalized spacial score (nSPS) is 18.5. The van der Waals surface area contributed by atoms with E-state index < -0.39 is 21.9 Å². The largest absolute Gasteiger partial charge is 0.502 e. The van der Waals surface area contributed by atoms with Crippen LogP contribution in [-0.2, 0) is 23.0 Å². The van der Waals surface area contributed by atoms with Crippen molar-refractivity contribution in [1.82, 2.24) is 0 Å². The molecule has 0 spiro atoms. The Hall–Kier alpha value is 0.180. The first kappa shape index (κ1) is 15.2. The van der Waals surface area contributed by atoms with Gasteiger partial charge in [0.25, 0.3) is 0 Å². The Labute approximate surface area is 85.4 Å². The number of hydrogen-bond donors (Lipinski definition) is 4. The standard InChI is InChI=1S/C4H12O9P2/c1-2-3-4(5)11-15(9,10)13-12-14(6,7)8/h4-5H,2-3H2,1H3,(H,9,10)(H2,6,7,8). The lowest BCUT2D eigenvalue weighted by atomic mass is 10.3. The van der Waals surface area contributed by atoms with Gasteiger partial charge in [-0.25, -0.2) is 9.13 Å². The van der Waals surface area contributed by atoms with E-state index >= 15 is 0 Å². The van der Waals surface area contributed by atoms with Gasteiger partial charge in [0, 0.05) is 0 Å². The van der Waals surface area contributed by atoms with Crippen LogP contribution in [0.3, 0.4) is 0 Å². The maximum atomic E-state index is 10.8. The van der Waals surface area contributed by atoms with Crippen LogP contribution in [0.5, 0.6) is 0 Å². The fourth-order valence-electron chi connectivity index (χ4n) is 0.557. The van der Waals surface area contributed by atoms with Crippen LogP contribution < -0.4 is 0 Å². The molecule has 0 aliphatic heterocycles. The summed E-state index contributed by atoms with van der Waals surface area (Å²) in [5.41, 5.74) is 0. The van der Waals surface area contributed by atoms with Crippen LogP contribution in [0.2, 0.25) is 0 Å². The first-order valence-corrected chi connectivity index (χ1v) is 6.81. The Morgan fingerprint density at radius 1 is 1.20 bits per heavy atom. The van der Waals surface area contributed by atoms with E-state index in [9.17, 15) is 9.13 Å². The predicted octanol–water partition coefficient (Wildman–Crippen LogP) is 0.263. The third-order valence-corrected chi connectivity index (χ3v) is 2.17. The van der Waals surface area contributed by atoms with Gasteiger partial charge < -0.3 is 19.8 Å². The average Bonchev–Trinajstić information content (AvgIpc) is 1.99. The average molecular weight is 266 g/mol. The van der Waals surface area contributed by atoms with Crippen molar-refractivity contribution in [2.75, 3.05) is 0 Å². The second kappa shape index (κ2) is 6.05. The van der Waals surface area contributed by atoms with Gasteiger partial charge in [0.1, 0.15) is 0 Å². The summed E-state index contributed by atoms with van der Waals surface area (Å²) >= 11 is 0. The number of hydrogen-bond acceptors (Lipinski definition) is 6. The van der Waals surface area contributed by atoms with E-state index in [-0.39, 0.29) is 6.42 Å². The highest BCUT2D eigenvalue weighted by atomic mass is 31.2. The van der Waals surface area contributed by atoms with Crippen molar-refractivity contribution in [2.45, 2.75) is 26.1 Å². The number of phosphoric ester groups is 1. The molecule has 2 unspecified atom stereocenters. The molecule has 0 aromatic carbocycles. The topological polar surface area (TPSA) is 143 Å². The Balaban J connectivity index is 4.08. The predicted molar refractivity (Wildman–Crippen MR) is 46.0 cm³/mol. The van der Waals surface area contributed by atoms with Crippen LogP contribution in [0, 0.1) is 0 Å². The van der Waals surface area contributed by atoms with Crippen molar-refractivity contribution in [2.24, 2.45) is 0 Å². The number of aliphatic hydroxyl groups excluding tert-OH is 1. The zero-order chi connectivity index (χ0) is 12.1. The van der Waals surface area contributed by atoms with E-state index in [0.29, 0.717) is 6.42 Å². The summed E-state index contributed by atoms with van der Waals surface area (Å²) in [6.45, 7) is 1.68. The van der Waals surface area contributed by atoms with Gasteiger partial charge in [-0.15, -0.1) is 9.35 Å². The molecule has 0 bridgehead atoms. The molecule has 2 atom stereocenters. The molecule has 0 fully saturated rings. The highest BCUT2D eigenvalue weighted by Crippen LogP contribution is 2.50. The van der Waals surface area contributed by atoms with E-state index in [0.717, 1.165) is 0 Å². The molecule has 92 valence electrons. The summed E-state index contributed by atoms with van der Waals surface area (Å²) in [5.74, 6) is 0. The third kappa shape index (κ3) is 9.13. The molecule has 15 heavy (non-hydrogen) atoms. The molecule has 0 radical (unpaired) electrons. The highest BCUT2D eigenvalue weighted by Gasteiger charge is 2.30. The molecule has 9 nitrogen and oxygen atoms in total. The minimum atomic E-state index is -5.04. The van der Waals surface area contributed by atoms with Crippen LogP contribution in [0.1, 0.15) is 19.8 Å². The van der Waals surface area contributed by atoms with Crippen LogP contribution in [0.15, 0.2) is 0 Å².